The van der Waals surface area contributed by atoms with Crippen LogP contribution < -0.4 is 4.74 Å². The van der Waals surface area contributed by atoms with E-state index in [0.717, 1.165) is 55.2 Å². The molecular formula is C40H36F4O. The van der Waals surface area contributed by atoms with E-state index in [4.69, 9.17) is 4.74 Å². The van der Waals surface area contributed by atoms with Crippen LogP contribution in [0.3, 0.4) is 0 Å². The molecule has 0 unspecified atom stereocenters. The Balaban J connectivity index is 1.26. The van der Waals surface area contributed by atoms with Gasteiger partial charge >= 0.3 is 6.11 Å². The fourth-order valence-electron chi connectivity index (χ4n) is 5.33. The second-order valence-corrected chi connectivity index (χ2v) is 11.2. The van der Waals surface area contributed by atoms with E-state index in [0.29, 0.717) is 22.3 Å². The molecule has 5 aromatic rings. The number of allylic oxidation sites excluding steroid dienone is 1. The number of ether oxygens (including phenoxy) is 1. The van der Waals surface area contributed by atoms with Crippen molar-refractivity contribution >= 4 is 0 Å². The zero-order valence-corrected chi connectivity index (χ0v) is 25.3. The van der Waals surface area contributed by atoms with E-state index in [9.17, 15) is 8.78 Å². The van der Waals surface area contributed by atoms with Gasteiger partial charge in [-0.1, -0.05) is 98.6 Å². The first-order valence-electron chi connectivity index (χ1n) is 15.3. The Morgan fingerprint density at radius 2 is 1.16 bits per heavy atom. The molecule has 230 valence electrons. The van der Waals surface area contributed by atoms with Crippen molar-refractivity contribution in [3.63, 3.8) is 0 Å². The molecule has 0 radical (unpaired) electrons. The first-order valence-corrected chi connectivity index (χ1v) is 15.3. The highest BCUT2D eigenvalue weighted by Crippen LogP contribution is 2.35. The van der Waals surface area contributed by atoms with E-state index in [-0.39, 0.29) is 16.9 Å². The average Bonchev–Trinajstić information content (AvgIpc) is 3.04. The Labute approximate surface area is 262 Å². The summed E-state index contributed by atoms with van der Waals surface area (Å²) in [6.45, 7) is 5.86. The van der Waals surface area contributed by atoms with Gasteiger partial charge in [-0.15, -0.1) is 6.58 Å². The molecule has 5 aromatic carbocycles. The highest BCUT2D eigenvalue weighted by Gasteiger charge is 2.34. The summed E-state index contributed by atoms with van der Waals surface area (Å²) in [5.41, 5.74) is 5.02. The van der Waals surface area contributed by atoms with Crippen molar-refractivity contribution in [3.05, 3.63) is 150 Å². The van der Waals surface area contributed by atoms with Crippen LogP contribution in [-0.4, -0.2) is 0 Å². The number of rotatable bonds is 13. The second kappa shape index (κ2) is 14.4. The van der Waals surface area contributed by atoms with Crippen molar-refractivity contribution in [2.24, 2.45) is 0 Å². The third-order valence-electron chi connectivity index (χ3n) is 7.94. The van der Waals surface area contributed by atoms with Gasteiger partial charge in [-0.3, -0.25) is 0 Å². The van der Waals surface area contributed by atoms with E-state index in [1.54, 1.807) is 48.5 Å². The van der Waals surface area contributed by atoms with Crippen molar-refractivity contribution in [1.82, 2.24) is 0 Å². The standard InChI is InChI=1S/C40H36F4O/c1-3-5-7-9-29-12-20-34(21-13-29)40(43,44)45-35-22-16-30(17-23-35)32-18-24-37(38(41)26-32)33-19-25-36(39(42)27-33)31-14-10-28(11-15-31)8-6-4-2/h4,10-27H,2-3,5-9H2,1H3. The number of benzene rings is 5. The van der Waals surface area contributed by atoms with Crippen LogP contribution in [0.1, 0.15) is 49.3 Å². The number of aryl methyl sites for hydroxylation is 2. The predicted molar refractivity (Wildman–Crippen MR) is 175 cm³/mol. The normalized spacial score (nSPS) is 11.4. The minimum atomic E-state index is -3.50. The van der Waals surface area contributed by atoms with E-state index >= 15 is 8.78 Å². The summed E-state index contributed by atoms with van der Waals surface area (Å²) in [6.07, 6.45) is 4.21. The van der Waals surface area contributed by atoms with Crippen LogP contribution in [0.2, 0.25) is 0 Å². The van der Waals surface area contributed by atoms with Crippen molar-refractivity contribution in [2.75, 3.05) is 0 Å². The Morgan fingerprint density at radius 3 is 1.78 bits per heavy atom. The molecule has 0 atom stereocenters. The van der Waals surface area contributed by atoms with Gasteiger partial charge < -0.3 is 4.74 Å². The molecule has 0 saturated heterocycles. The van der Waals surface area contributed by atoms with Crippen molar-refractivity contribution in [2.45, 2.75) is 51.6 Å². The first-order chi connectivity index (χ1) is 21.8. The van der Waals surface area contributed by atoms with Gasteiger partial charge in [-0.25, -0.2) is 8.78 Å². The molecular weight excluding hydrogens is 572 g/mol. The molecule has 0 aliphatic carbocycles. The minimum absolute atomic E-state index is 0.00478. The van der Waals surface area contributed by atoms with E-state index in [1.807, 2.05) is 30.3 Å². The summed E-state index contributed by atoms with van der Waals surface area (Å²) in [6, 6.07) is 29.4. The maximum absolute atomic E-state index is 15.3. The lowest BCUT2D eigenvalue weighted by molar-refractivity contribution is -0.185. The number of alkyl halides is 2. The third-order valence-corrected chi connectivity index (χ3v) is 7.94. The van der Waals surface area contributed by atoms with Crippen LogP contribution in [0, 0.1) is 11.6 Å². The van der Waals surface area contributed by atoms with Gasteiger partial charge in [0.05, 0.1) is 5.56 Å². The Bertz CT molecular complexity index is 1720. The van der Waals surface area contributed by atoms with Crippen LogP contribution >= 0.6 is 0 Å². The van der Waals surface area contributed by atoms with Gasteiger partial charge in [-0.05, 0) is 95.5 Å². The maximum atomic E-state index is 15.3. The first kappa shape index (κ1) is 31.8. The van der Waals surface area contributed by atoms with Gasteiger partial charge in [0, 0.05) is 11.1 Å². The monoisotopic (exact) mass is 608 g/mol. The van der Waals surface area contributed by atoms with Gasteiger partial charge in [0.25, 0.3) is 0 Å². The molecule has 5 heteroatoms. The summed E-state index contributed by atoms with van der Waals surface area (Å²) in [4.78, 5) is 0. The molecule has 0 bridgehead atoms. The average molecular weight is 609 g/mol. The quantitative estimate of drug-likeness (QED) is 0.0734. The molecule has 0 spiro atoms. The number of hydrogen-bond acceptors (Lipinski definition) is 1. The van der Waals surface area contributed by atoms with E-state index in [1.165, 1.54) is 36.4 Å². The molecule has 0 aliphatic heterocycles. The second-order valence-electron chi connectivity index (χ2n) is 11.2. The molecule has 45 heavy (non-hydrogen) atoms. The fraction of sp³-hybridized carbons (Fsp3) is 0.200. The summed E-state index contributed by atoms with van der Waals surface area (Å²) in [5, 5.41) is 0. The lowest BCUT2D eigenvalue weighted by Gasteiger charge is -2.19. The van der Waals surface area contributed by atoms with Crippen LogP contribution in [-0.2, 0) is 19.0 Å². The predicted octanol–water partition coefficient (Wildman–Crippen LogP) is 11.9. The van der Waals surface area contributed by atoms with Gasteiger partial charge in [-0.2, -0.15) is 8.78 Å². The SMILES string of the molecule is C=CCCc1ccc(-c2ccc(-c3ccc(-c4ccc(OC(F)(F)c5ccc(CCCCC)cc5)cc4)cc3F)cc2F)cc1. The summed E-state index contributed by atoms with van der Waals surface area (Å²) in [5.74, 6) is -0.962. The van der Waals surface area contributed by atoms with Crippen LogP contribution in [0.15, 0.2) is 122 Å². The highest BCUT2D eigenvalue weighted by molar-refractivity contribution is 5.74. The summed E-state index contributed by atoms with van der Waals surface area (Å²) < 4.78 is 65.2. The number of unbranched alkanes of at least 4 members (excludes halogenated alkanes) is 2. The highest BCUT2D eigenvalue weighted by atomic mass is 19.3. The van der Waals surface area contributed by atoms with E-state index < -0.39 is 17.7 Å². The van der Waals surface area contributed by atoms with Crippen LogP contribution in [0.4, 0.5) is 17.6 Å². The zero-order valence-electron chi connectivity index (χ0n) is 25.3. The topological polar surface area (TPSA) is 9.23 Å². The minimum Gasteiger partial charge on any atom is -0.429 e. The van der Waals surface area contributed by atoms with Crippen LogP contribution in [0.25, 0.3) is 33.4 Å². The molecule has 5 rings (SSSR count). The summed E-state index contributed by atoms with van der Waals surface area (Å²) >= 11 is 0. The maximum Gasteiger partial charge on any atom is 0.426 e. The van der Waals surface area contributed by atoms with Gasteiger partial charge in [0.15, 0.2) is 0 Å². The molecule has 1 nitrogen and oxygen atoms in total. The molecule has 0 fully saturated rings. The van der Waals surface area contributed by atoms with Crippen molar-refractivity contribution in [3.8, 4) is 39.1 Å². The van der Waals surface area contributed by atoms with Crippen LogP contribution in [0.5, 0.6) is 5.75 Å². The zero-order chi connectivity index (χ0) is 31.8. The van der Waals surface area contributed by atoms with Crippen molar-refractivity contribution < 1.29 is 22.3 Å². The Morgan fingerprint density at radius 1 is 0.622 bits per heavy atom. The van der Waals surface area contributed by atoms with Gasteiger partial charge in [0.1, 0.15) is 17.4 Å². The largest absolute Gasteiger partial charge is 0.429 e. The molecule has 0 aromatic heterocycles. The Kier molecular flexibility index (Phi) is 10.2. The Hall–Kier alpha value is -4.64. The lowest BCUT2D eigenvalue weighted by Crippen LogP contribution is -2.21. The molecule has 0 saturated carbocycles. The number of halogens is 4. The molecule has 0 N–H and O–H groups in total. The molecule has 0 heterocycles. The number of hydrogen-bond donors (Lipinski definition) is 0. The fourth-order valence-corrected chi connectivity index (χ4v) is 5.33. The van der Waals surface area contributed by atoms with Crippen molar-refractivity contribution in [1.29, 1.82) is 0 Å². The molecule has 0 amide bonds. The lowest BCUT2D eigenvalue weighted by atomic mass is 9.96. The smallest absolute Gasteiger partial charge is 0.426 e. The third kappa shape index (κ3) is 7.91. The van der Waals surface area contributed by atoms with E-state index in [2.05, 4.69) is 13.5 Å². The van der Waals surface area contributed by atoms with Gasteiger partial charge in [0.2, 0.25) is 0 Å². The molecule has 0 aliphatic rings. The summed E-state index contributed by atoms with van der Waals surface area (Å²) in [7, 11) is 0.